The van der Waals surface area contributed by atoms with E-state index in [0.717, 1.165) is 11.1 Å². The lowest BCUT2D eigenvalue weighted by atomic mass is 10.0. The quantitative estimate of drug-likeness (QED) is 0.434. The summed E-state index contributed by atoms with van der Waals surface area (Å²) in [6.07, 6.45) is 0. The van der Waals surface area contributed by atoms with E-state index in [1.165, 1.54) is 0 Å². The van der Waals surface area contributed by atoms with Gasteiger partial charge >= 0.3 is 0 Å². The van der Waals surface area contributed by atoms with Crippen molar-refractivity contribution in [2.75, 3.05) is 0 Å². The van der Waals surface area contributed by atoms with Gasteiger partial charge in [0, 0.05) is 11.8 Å². The molecule has 0 fully saturated rings. The molecular weight excluding hydrogens is 348 g/mol. The van der Waals surface area contributed by atoms with E-state index in [1.54, 1.807) is 0 Å². The van der Waals surface area contributed by atoms with Crippen LogP contribution in [0.15, 0.2) is 70.9 Å². The van der Waals surface area contributed by atoms with Crippen LogP contribution in [0.3, 0.4) is 0 Å². The van der Waals surface area contributed by atoms with Crippen molar-refractivity contribution in [1.29, 1.82) is 0 Å². The van der Waals surface area contributed by atoms with Gasteiger partial charge in [-0.25, -0.2) is 0 Å². The zero-order valence-electron chi connectivity index (χ0n) is 18.1. The van der Waals surface area contributed by atoms with Crippen molar-refractivity contribution in [3.05, 3.63) is 71.8 Å². The van der Waals surface area contributed by atoms with Gasteiger partial charge in [-0.1, -0.05) is 88.4 Å². The molecule has 0 spiro atoms. The second kappa shape index (κ2) is 9.94. The molecule has 2 atom stereocenters. The fourth-order valence-corrected chi connectivity index (χ4v) is 2.43. The Hall–Kier alpha value is -2.04. The number of hydrogen-bond donors (Lipinski definition) is 0. The molecule has 152 valence electrons. The molecule has 0 radical (unpaired) electrons. The Balaban J connectivity index is 2.11. The molecule has 0 aliphatic rings. The smallest absolute Gasteiger partial charge is 0.178 e. The van der Waals surface area contributed by atoms with Crippen LogP contribution in [0.2, 0.25) is 0 Å². The van der Waals surface area contributed by atoms with E-state index in [9.17, 15) is 0 Å². The van der Waals surface area contributed by atoms with Crippen molar-refractivity contribution in [1.82, 2.24) is 0 Å². The minimum atomic E-state index is -0.720. The maximum atomic E-state index is 6.20. The predicted molar refractivity (Wildman–Crippen MR) is 114 cm³/mol. The van der Waals surface area contributed by atoms with Crippen LogP contribution < -0.4 is 0 Å². The van der Waals surface area contributed by atoms with Crippen LogP contribution in [0.4, 0.5) is 0 Å². The second-order valence-corrected chi connectivity index (χ2v) is 8.17. The summed E-state index contributed by atoms with van der Waals surface area (Å²) >= 11 is 0. The van der Waals surface area contributed by atoms with Crippen LogP contribution >= 0.6 is 0 Å². The molecule has 0 saturated carbocycles. The number of azo groups is 1. The van der Waals surface area contributed by atoms with Gasteiger partial charge in [-0.2, -0.15) is 10.2 Å². The average Bonchev–Trinajstić information content (AvgIpc) is 2.70. The largest absolute Gasteiger partial charge is 0.347 e. The standard InChI is InChI=1S/C24H34N2O2/c1-19(2)23(5,27-17-21-13-9-7-10-14-21)25-26-24(6,20(3)4)28-18-22-15-11-8-12-16-22/h7-16,19-20H,17-18H2,1-6H3. The van der Waals surface area contributed by atoms with Gasteiger partial charge in [0.2, 0.25) is 0 Å². The van der Waals surface area contributed by atoms with Crippen molar-refractivity contribution >= 4 is 0 Å². The Morgan fingerprint density at radius 3 is 1.25 bits per heavy atom. The first-order chi connectivity index (χ1) is 13.3. The minimum absolute atomic E-state index is 0.172. The number of ether oxygens (including phenoxy) is 2. The Morgan fingerprint density at radius 1 is 0.643 bits per heavy atom. The molecule has 0 aromatic heterocycles. The maximum Gasteiger partial charge on any atom is 0.178 e. The van der Waals surface area contributed by atoms with Crippen molar-refractivity contribution < 1.29 is 9.47 Å². The molecule has 2 rings (SSSR count). The summed E-state index contributed by atoms with van der Waals surface area (Å²) in [5, 5.41) is 9.31. The SMILES string of the molecule is CC(C)C(C)(N=NC(C)(OCc1ccccc1)C(C)C)OCc1ccccc1. The minimum Gasteiger partial charge on any atom is -0.347 e. The van der Waals surface area contributed by atoms with Gasteiger partial charge in [0.05, 0.1) is 13.2 Å². The van der Waals surface area contributed by atoms with Crippen LogP contribution in [-0.2, 0) is 22.7 Å². The van der Waals surface area contributed by atoms with Crippen molar-refractivity contribution in [2.45, 2.75) is 66.2 Å². The number of hydrogen-bond acceptors (Lipinski definition) is 4. The third-order valence-corrected chi connectivity index (χ3v) is 5.34. The number of rotatable bonds is 10. The van der Waals surface area contributed by atoms with E-state index in [0.29, 0.717) is 13.2 Å². The zero-order valence-corrected chi connectivity index (χ0v) is 18.1. The predicted octanol–water partition coefficient (Wildman–Crippen LogP) is 6.62. The van der Waals surface area contributed by atoms with E-state index in [2.05, 4.69) is 62.2 Å². The van der Waals surface area contributed by atoms with Gasteiger partial charge in [-0.3, -0.25) is 0 Å². The fraction of sp³-hybridized carbons (Fsp3) is 0.500. The van der Waals surface area contributed by atoms with Crippen LogP contribution in [0.25, 0.3) is 0 Å². The van der Waals surface area contributed by atoms with Gasteiger partial charge in [-0.15, -0.1) is 0 Å². The highest BCUT2D eigenvalue weighted by Gasteiger charge is 2.34. The Kier molecular flexibility index (Phi) is 7.90. The fourth-order valence-electron chi connectivity index (χ4n) is 2.43. The topological polar surface area (TPSA) is 43.2 Å². The van der Waals surface area contributed by atoms with Crippen molar-refractivity contribution in [2.24, 2.45) is 22.1 Å². The van der Waals surface area contributed by atoms with Crippen LogP contribution in [0.5, 0.6) is 0 Å². The van der Waals surface area contributed by atoms with Gasteiger partial charge in [0.25, 0.3) is 0 Å². The van der Waals surface area contributed by atoms with Crippen LogP contribution in [0, 0.1) is 11.8 Å². The zero-order chi connectivity index (χ0) is 20.6. The lowest BCUT2D eigenvalue weighted by Gasteiger charge is -2.33. The lowest BCUT2D eigenvalue weighted by Crippen LogP contribution is -2.36. The van der Waals surface area contributed by atoms with Crippen LogP contribution in [0.1, 0.15) is 52.7 Å². The van der Waals surface area contributed by atoms with Gasteiger partial charge in [0.15, 0.2) is 11.4 Å². The van der Waals surface area contributed by atoms with Gasteiger partial charge < -0.3 is 9.47 Å². The van der Waals surface area contributed by atoms with E-state index in [4.69, 9.17) is 9.47 Å². The Bertz CT molecular complexity index is 667. The molecule has 0 amide bonds. The summed E-state index contributed by atoms with van der Waals surface area (Å²) in [5.41, 5.74) is 0.803. The van der Waals surface area contributed by atoms with Crippen molar-refractivity contribution in [3.8, 4) is 0 Å². The van der Waals surface area contributed by atoms with E-state index in [-0.39, 0.29) is 11.8 Å². The number of nitrogens with zero attached hydrogens (tertiary/aromatic N) is 2. The summed E-state index contributed by atoms with van der Waals surface area (Å²) < 4.78 is 12.4. The molecule has 0 heterocycles. The molecule has 4 nitrogen and oxygen atoms in total. The summed E-state index contributed by atoms with van der Waals surface area (Å²) in [6.45, 7) is 13.4. The molecule has 0 N–H and O–H groups in total. The van der Waals surface area contributed by atoms with Crippen molar-refractivity contribution in [3.63, 3.8) is 0 Å². The first kappa shape index (κ1) is 22.3. The first-order valence-electron chi connectivity index (χ1n) is 10.0. The molecule has 2 unspecified atom stereocenters. The molecule has 0 aliphatic carbocycles. The van der Waals surface area contributed by atoms with Crippen LogP contribution in [-0.4, -0.2) is 11.4 Å². The molecular formula is C24H34N2O2. The molecule has 0 aliphatic heterocycles. The molecule has 2 aromatic carbocycles. The maximum absolute atomic E-state index is 6.20. The summed E-state index contributed by atoms with van der Waals surface area (Å²) in [4.78, 5) is 0. The molecule has 2 aromatic rings. The normalized spacial score (nSPS) is 16.4. The van der Waals surface area contributed by atoms with E-state index >= 15 is 0 Å². The molecule has 0 saturated heterocycles. The Labute approximate surface area is 170 Å². The third kappa shape index (κ3) is 6.25. The van der Waals surface area contributed by atoms with Gasteiger partial charge in [0.1, 0.15) is 0 Å². The summed E-state index contributed by atoms with van der Waals surface area (Å²) in [5.74, 6) is 0.344. The lowest BCUT2D eigenvalue weighted by molar-refractivity contribution is -0.102. The monoisotopic (exact) mass is 382 g/mol. The van der Waals surface area contributed by atoms with E-state index < -0.39 is 11.4 Å². The summed E-state index contributed by atoms with van der Waals surface area (Å²) in [6, 6.07) is 20.3. The highest BCUT2D eigenvalue weighted by atomic mass is 16.5. The third-order valence-electron chi connectivity index (χ3n) is 5.34. The Morgan fingerprint density at radius 2 is 0.964 bits per heavy atom. The highest BCUT2D eigenvalue weighted by Crippen LogP contribution is 2.30. The second-order valence-electron chi connectivity index (χ2n) is 8.17. The summed E-state index contributed by atoms with van der Waals surface area (Å²) in [7, 11) is 0. The molecule has 4 heteroatoms. The molecule has 28 heavy (non-hydrogen) atoms. The van der Waals surface area contributed by atoms with E-state index in [1.807, 2.05) is 50.2 Å². The molecule has 0 bridgehead atoms. The average molecular weight is 383 g/mol. The van der Waals surface area contributed by atoms with Gasteiger partial charge in [-0.05, 0) is 25.0 Å². The number of benzene rings is 2. The highest BCUT2D eigenvalue weighted by molar-refractivity contribution is 5.14. The first-order valence-corrected chi connectivity index (χ1v) is 10.0.